The Labute approximate surface area is 112 Å². The third-order valence-electron chi connectivity index (χ3n) is 3.18. The Balaban J connectivity index is 2.54. The van der Waals surface area contributed by atoms with Crippen LogP contribution in [0.25, 0.3) is 0 Å². The molecular formula is C15H16ClNO. The summed E-state index contributed by atoms with van der Waals surface area (Å²) >= 11 is 5.89. The van der Waals surface area contributed by atoms with Crippen LogP contribution in [0.5, 0.6) is 0 Å². The molecule has 3 heteroatoms. The van der Waals surface area contributed by atoms with Crippen molar-refractivity contribution in [2.75, 3.05) is 0 Å². The van der Waals surface area contributed by atoms with Gasteiger partial charge in [-0.25, -0.2) is 0 Å². The Bertz CT molecular complexity index is 510. The van der Waals surface area contributed by atoms with Gasteiger partial charge >= 0.3 is 0 Å². The molecule has 1 unspecified atom stereocenters. The topological polar surface area (TPSA) is 33.1 Å². The molecule has 2 rings (SSSR count). The molecule has 0 spiro atoms. The third-order valence-corrected chi connectivity index (χ3v) is 3.43. The first-order valence-corrected chi connectivity index (χ1v) is 6.33. The maximum atomic E-state index is 11.0. The van der Waals surface area contributed by atoms with Crippen molar-refractivity contribution < 1.29 is 5.11 Å². The third kappa shape index (κ3) is 2.26. The molecule has 0 fully saturated rings. The molecule has 0 radical (unpaired) electrons. The van der Waals surface area contributed by atoms with Crippen LogP contribution in [0.15, 0.2) is 48.7 Å². The fourth-order valence-corrected chi connectivity index (χ4v) is 2.20. The summed E-state index contributed by atoms with van der Waals surface area (Å²) in [5.41, 5.74) is 0.370. The van der Waals surface area contributed by atoms with E-state index in [-0.39, 0.29) is 5.92 Å². The molecule has 0 aliphatic rings. The van der Waals surface area contributed by atoms with Crippen LogP contribution in [0.2, 0.25) is 5.02 Å². The van der Waals surface area contributed by atoms with E-state index in [1.807, 2.05) is 44.2 Å². The van der Waals surface area contributed by atoms with Crippen LogP contribution in [-0.2, 0) is 5.60 Å². The van der Waals surface area contributed by atoms with E-state index in [9.17, 15) is 5.11 Å². The van der Waals surface area contributed by atoms with E-state index in [0.717, 1.165) is 5.56 Å². The Kier molecular flexibility index (Phi) is 3.69. The van der Waals surface area contributed by atoms with Crippen molar-refractivity contribution in [2.45, 2.75) is 19.4 Å². The van der Waals surface area contributed by atoms with Crippen LogP contribution in [0.3, 0.4) is 0 Å². The monoisotopic (exact) mass is 261 g/mol. The number of hydrogen-bond donors (Lipinski definition) is 1. The molecule has 2 nitrogen and oxygen atoms in total. The molecule has 1 heterocycles. The van der Waals surface area contributed by atoms with E-state index in [4.69, 9.17) is 11.6 Å². The Morgan fingerprint density at radius 2 is 1.78 bits per heavy atom. The highest BCUT2D eigenvalue weighted by molar-refractivity contribution is 6.30. The van der Waals surface area contributed by atoms with Crippen LogP contribution in [0, 0.1) is 5.92 Å². The van der Waals surface area contributed by atoms with Gasteiger partial charge in [0.15, 0.2) is 0 Å². The largest absolute Gasteiger partial charge is 0.378 e. The average molecular weight is 262 g/mol. The van der Waals surface area contributed by atoms with Gasteiger partial charge in [-0.05, 0) is 35.7 Å². The lowest BCUT2D eigenvalue weighted by molar-refractivity contribution is 0.0275. The molecule has 2 aromatic rings. The quantitative estimate of drug-likeness (QED) is 0.915. The zero-order chi connectivity index (χ0) is 13.2. The highest BCUT2D eigenvalue weighted by Gasteiger charge is 2.36. The van der Waals surface area contributed by atoms with E-state index in [0.29, 0.717) is 10.7 Å². The van der Waals surface area contributed by atoms with E-state index in [1.165, 1.54) is 0 Å². The summed E-state index contributed by atoms with van der Waals surface area (Å²) in [6, 6.07) is 12.8. The minimum atomic E-state index is -1.09. The Morgan fingerprint density at radius 1 is 1.11 bits per heavy atom. The molecule has 94 valence electrons. The first kappa shape index (κ1) is 13.1. The van der Waals surface area contributed by atoms with Crippen molar-refractivity contribution in [1.82, 2.24) is 4.98 Å². The normalized spacial score (nSPS) is 14.5. The van der Waals surface area contributed by atoms with Gasteiger partial charge in [0.05, 0.1) is 5.69 Å². The maximum absolute atomic E-state index is 11.0. The molecule has 0 bridgehead atoms. The first-order chi connectivity index (χ1) is 8.55. The van der Waals surface area contributed by atoms with Gasteiger partial charge in [-0.3, -0.25) is 4.98 Å². The van der Waals surface area contributed by atoms with Crippen LogP contribution in [0.4, 0.5) is 0 Å². The molecule has 1 N–H and O–H groups in total. The highest BCUT2D eigenvalue weighted by atomic mass is 35.5. The lowest BCUT2D eigenvalue weighted by Gasteiger charge is -2.32. The summed E-state index contributed by atoms with van der Waals surface area (Å²) in [5, 5.41) is 11.7. The molecule has 0 amide bonds. The molecule has 18 heavy (non-hydrogen) atoms. The van der Waals surface area contributed by atoms with Crippen molar-refractivity contribution in [1.29, 1.82) is 0 Å². The molecular weight excluding hydrogens is 246 g/mol. The van der Waals surface area contributed by atoms with Crippen LogP contribution >= 0.6 is 11.6 Å². The molecule has 1 aromatic heterocycles. The Hall–Kier alpha value is -1.38. The van der Waals surface area contributed by atoms with Crippen molar-refractivity contribution in [3.8, 4) is 0 Å². The Morgan fingerprint density at radius 3 is 2.28 bits per heavy atom. The molecule has 0 aliphatic heterocycles. The fraction of sp³-hybridized carbons (Fsp3) is 0.267. The lowest BCUT2D eigenvalue weighted by Crippen LogP contribution is -2.34. The average Bonchev–Trinajstić information content (AvgIpc) is 2.39. The zero-order valence-corrected chi connectivity index (χ0v) is 11.2. The van der Waals surface area contributed by atoms with Gasteiger partial charge in [-0.1, -0.05) is 43.6 Å². The van der Waals surface area contributed by atoms with Gasteiger partial charge in [0.2, 0.25) is 0 Å². The predicted molar refractivity (Wildman–Crippen MR) is 73.5 cm³/mol. The SMILES string of the molecule is CC(C)C(O)(c1ccc(Cl)cc1)c1ccccn1. The number of benzene rings is 1. The van der Waals surface area contributed by atoms with Crippen molar-refractivity contribution in [3.63, 3.8) is 0 Å². The van der Waals surface area contributed by atoms with Gasteiger partial charge in [0, 0.05) is 11.2 Å². The van der Waals surface area contributed by atoms with Gasteiger partial charge in [-0.15, -0.1) is 0 Å². The zero-order valence-electron chi connectivity index (χ0n) is 10.5. The van der Waals surface area contributed by atoms with Crippen LogP contribution in [-0.4, -0.2) is 10.1 Å². The summed E-state index contributed by atoms with van der Waals surface area (Å²) < 4.78 is 0. The van der Waals surface area contributed by atoms with E-state index in [2.05, 4.69) is 4.98 Å². The van der Waals surface area contributed by atoms with Gasteiger partial charge in [0.1, 0.15) is 5.60 Å². The van der Waals surface area contributed by atoms with Crippen LogP contribution < -0.4 is 0 Å². The summed E-state index contributed by atoms with van der Waals surface area (Å²) in [7, 11) is 0. The molecule has 1 atom stereocenters. The number of hydrogen-bond acceptors (Lipinski definition) is 2. The summed E-state index contributed by atoms with van der Waals surface area (Å²) in [6.07, 6.45) is 1.69. The molecule has 0 saturated heterocycles. The second kappa shape index (κ2) is 5.09. The van der Waals surface area contributed by atoms with Crippen LogP contribution in [0.1, 0.15) is 25.1 Å². The van der Waals surface area contributed by atoms with Gasteiger partial charge < -0.3 is 5.11 Å². The number of nitrogens with zero attached hydrogens (tertiary/aromatic N) is 1. The maximum Gasteiger partial charge on any atom is 0.134 e. The number of aliphatic hydroxyl groups is 1. The summed E-state index contributed by atoms with van der Waals surface area (Å²) in [4.78, 5) is 4.29. The summed E-state index contributed by atoms with van der Waals surface area (Å²) in [6.45, 7) is 3.95. The van der Waals surface area contributed by atoms with Crippen molar-refractivity contribution in [3.05, 3.63) is 64.9 Å². The summed E-state index contributed by atoms with van der Waals surface area (Å²) in [5.74, 6) is 0.00794. The predicted octanol–water partition coefficient (Wildman–Crippen LogP) is 3.63. The molecule has 0 aliphatic carbocycles. The number of rotatable bonds is 3. The van der Waals surface area contributed by atoms with E-state index >= 15 is 0 Å². The van der Waals surface area contributed by atoms with Crippen molar-refractivity contribution in [2.24, 2.45) is 5.92 Å². The second-order valence-electron chi connectivity index (χ2n) is 4.64. The molecule has 1 aromatic carbocycles. The van der Waals surface area contributed by atoms with E-state index < -0.39 is 5.60 Å². The van der Waals surface area contributed by atoms with Gasteiger partial charge in [0.25, 0.3) is 0 Å². The first-order valence-electron chi connectivity index (χ1n) is 5.95. The number of aromatic nitrogens is 1. The standard InChI is InChI=1S/C15H16ClNO/c1-11(2)15(18,14-5-3-4-10-17-14)12-6-8-13(16)9-7-12/h3-11,18H,1-2H3. The number of pyridine rings is 1. The smallest absolute Gasteiger partial charge is 0.134 e. The van der Waals surface area contributed by atoms with Crippen molar-refractivity contribution >= 4 is 11.6 Å². The van der Waals surface area contributed by atoms with Gasteiger partial charge in [-0.2, -0.15) is 0 Å². The van der Waals surface area contributed by atoms with E-state index in [1.54, 1.807) is 18.3 Å². The fourth-order valence-electron chi connectivity index (χ4n) is 2.07. The highest BCUT2D eigenvalue weighted by Crippen LogP contribution is 2.35. The minimum absolute atomic E-state index is 0.00794. The molecule has 0 saturated carbocycles. The second-order valence-corrected chi connectivity index (χ2v) is 5.08. The minimum Gasteiger partial charge on any atom is -0.378 e. The lowest BCUT2D eigenvalue weighted by atomic mass is 9.80. The number of halogens is 1.